The van der Waals surface area contributed by atoms with Gasteiger partial charge in [-0.25, -0.2) is 0 Å². The molecule has 1 aliphatic rings. The summed E-state index contributed by atoms with van der Waals surface area (Å²) >= 11 is 5.23. The zero-order valence-electron chi connectivity index (χ0n) is 14.7. The molecule has 9 heteroatoms. The molecule has 0 amide bonds. The third-order valence-corrected chi connectivity index (χ3v) is 4.56. The highest BCUT2D eigenvalue weighted by atomic mass is 32.1. The van der Waals surface area contributed by atoms with Crippen molar-refractivity contribution in [1.29, 1.82) is 0 Å². The molecule has 138 valence electrons. The first-order chi connectivity index (χ1) is 12.5. The van der Waals surface area contributed by atoms with Crippen molar-refractivity contribution < 1.29 is 9.84 Å². The fraction of sp³-hybridized carbons (Fsp3) is 0.353. The summed E-state index contributed by atoms with van der Waals surface area (Å²) in [7, 11) is 3.58. The maximum atomic E-state index is 12.3. The SMILES string of the molecule is COc1ccccc1-n1c(O)c(/C=N/N2CCN(C)CC2)c(=O)[nH]c1=S. The molecule has 0 atom stereocenters. The quantitative estimate of drug-likeness (QED) is 0.617. The van der Waals surface area contributed by atoms with Crippen LogP contribution in [0.1, 0.15) is 5.56 Å². The van der Waals surface area contributed by atoms with E-state index in [-0.39, 0.29) is 16.2 Å². The average Bonchev–Trinajstić information content (AvgIpc) is 2.63. The number of aromatic amines is 1. The lowest BCUT2D eigenvalue weighted by atomic mass is 10.2. The summed E-state index contributed by atoms with van der Waals surface area (Å²) in [5.41, 5.74) is 0.0861. The number of likely N-dealkylation sites (N-methyl/N-ethyl adjacent to an activating group) is 1. The Morgan fingerprint density at radius 3 is 2.65 bits per heavy atom. The molecule has 2 N–H and O–H groups in total. The van der Waals surface area contributed by atoms with Crippen molar-refractivity contribution in [2.24, 2.45) is 5.10 Å². The maximum Gasteiger partial charge on any atom is 0.264 e. The molecule has 0 unspecified atom stereocenters. The van der Waals surface area contributed by atoms with Gasteiger partial charge in [-0.15, -0.1) is 0 Å². The van der Waals surface area contributed by atoms with E-state index in [9.17, 15) is 9.90 Å². The Balaban J connectivity index is 2.02. The lowest BCUT2D eigenvalue weighted by Crippen LogP contribution is -2.41. The standard InChI is InChI=1S/C17H21N5O3S/c1-20-7-9-21(10-8-20)18-11-12-15(23)19-17(26)22(16(12)24)13-5-3-4-6-14(13)25-2/h3-6,11,24H,7-10H2,1-2H3,(H,19,23,26)/b18-11+. The van der Waals surface area contributed by atoms with Crippen molar-refractivity contribution in [3.63, 3.8) is 0 Å². The van der Waals surface area contributed by atoms with Crippen LogP contribution in [-0.2, 0) is 0 Å². The average molecular weight is 375 g/mol. The van der Waals surface area contributed by atoms with Crippen LogP contribution in [-0.4, -0.2) is 71.1 Å². The lowest BCUT2D eigenvalue weighted by molar-refractivity contribution is 0.159. The molecule has 3 rings (SSSR count). The topological polar surface area (TPSA) is 86.1 Å². The first kappa shape index (κ1) is 18.2. The molecule has 8 nitrogen and oxygen atoms in total. The number of aromatic nitrogens is 2. The molecule has 0 spiro atoms. The number of hydrazone groups is 1. The molecule has 1 fully saturated rings. The summed E-state index contributed by atoms with van der Waals surface area (Å²) in [5.74, 6) is 0.244. The molecular formula is C17H21N5O3S. The van der Waals surface area contributed by atoms with Gasteiger partial charge in [-0.3, -0.25) is 19.4 Å². The van der Waals surface area contributed by atoms with Crippen LogP contribution in [0.25, 0.3) is 5.69 Å². The van der Waals surface area contributed by atoms with E-state index in [4.69, 9.17) is 17.0 Å². The Morgan fingerprint density at radius 1 is 1.27 bits per heavy atom. The molecule has 0 bridgehead atoms. The van der Waals surface area contributed by atoms with E-state index in [0.29, 0.717) is 11.4 Å². The van der Waals surface area contributed by atoms with E-state index in [2.05, 4.69) is 22.0 Å². The smallest absolute Gasteiger partial charge is 0.264 e. The number of ether oxygens (including phenoxy) is 1. The molecule has 26 heavy (non-hydrogen) atoms. The molecule has 0 aliphatic carbocycles. The van der Waals surface area contributed by atoms with Gasteiger partial charge in [-0.2, -0.15) is 5.10 Å². The minimum atomic E-state index is -0.489. The largest absolute Gasteiger partial charge is 0.495 e. The molecule has 1 saturated heterocycles. The number of nitrogens with one attached hydrogen (secondary N) is 1. The third-order valence-electron chi connectivity index (χ3n) is 4.28. The lowest BCUT2D eigenvalue weighted by Gasteiger charge is -2.30. The molecule has 0 saturated carbocycles. The molecule has 1 aliphatic heterocycles. The predicted molar refractivity (Wildman–Crippen MR) is 102 cm³/mol. The van der Waals surface area contributed by atoms with Crippen LogP contribution in [0.3, 0.4) is 0 Å². The van der Waals surface area contributed by atoms with Gasteiger partial charge in [0.2, 0.25) is 5.88 Å². The molecule has 1 aromatic carbocycles. The van der Waals surface area contributed by atoms with Crippen molar-refractivity contribution in [2.45, 2.75) is 0 Å². The number of hydrogen-bond donors (Lipinski definition) is 2. The molecule has 2 heterocycles. The minimum absolute atomic E-state index is 0.0448. The van der Waals surface area contributed by atoms with Crippen LogP contribution in [0, 0.1) is 4.77 Å². The Kier molecular flexibility index (Phi) is 5.38. The van der Waals surface area contributed by atoms with Crippen LogP contribution in [0.2, 0.25) is 0 Å². The van der Waals surface area contributed by atoms with Gasteiger partial charge in [0.1, 0.15) is 11.3 Å². The zero-order valence-corrected chi connectivity index (χ0v) is 15.5. The summed E-state index contributed by atoms with van der Waals surface area (Å²) in [6, 6.07) is 7.10. The highest BCUT2D eigenvalue weighted by Crippen LogP contribution is 2.26. The van der Waals surface area contributed by atoms with E-state index in [1.807, 2.05) is 11.1 Å². The van der Waals surface area contributed by atoms with Gasteiger partial charge in [0, 0.05) is 26.2 Å². The van der Waals surface area contributed by atoms with Crippen molar-refractivity contribution in [1.82, 2.24) is 19.5 Å². The number of methoxy groups -OCH3 is 1. The van der Waals surface area contributed by atoms with Crippen molar-refractivity contribution in [3.8, 4) is 17.3 Å². The van der Waals surface area contributed by atoms with E-state index < -0.39 is 5.56 Å². The number of aromatic hydroxyl groups is 1. The second kappa shape index (κ2) is 7.71. The third kappa shape index (κ3) is 3.63. The second-order valence-corrected chi connectivity index (χ2v) is 6.39. The molecular weight excluding hydrogens is 354 g/mol. The van der Waals surface area contributed by atoms with Crippen molar-refractivity contribution >= 4 is 18.4 Å². The van der Waals surface area contributed by atoms with Crippen LogP contribution < -0.4 is 10.3 Å². The summed E-state index contributed by atoms with van der Waals surface area (Å²) in [6.45, 7) is 3.31. The Hall–Kier alpha value is -2.65. The second-order valence-electron chi connectivity index (χ2n) is 6.01. The van der Waals surface area contributed by atoms with E-state index in [1.54, 1.807) is 18.2 Å². The highest BCUT2D eigenvalue weighted by Gasteiger charge is 2.16. The number of H-pyrrole nitrogens is 1. The van der Waals surface area contributed by atoms with Gasteiger partial charge in [0.05, 0.1) is 19.0 Å². The van der Waals surface area contributed by atoms with Crippen LogP contribution in [0.4, 0.5) is 0 Å². The van der Waals surface area contributed by atoms with Gasteiger partial charge in [0.15, 0.2) is 4.77 Å². The Bertz CT molecular complexity index is 929. The number of nitrogens with zero attached hydrogens (tertiary/aromatic N) is 4. The van der Waals surface area contributed by atoms with Gasteiger partial charge >= 0.3 is 0 Å². The number of piperazine rings is 1. The van der Waals surface area contributed by atoms with Gasteiger partial charge in [-0.05, 0) is 31.4 Å². The van der Waals surface area contributed by atoms with Crippen molar-refractivity contribution in [3.05, 3.63) is 45.0 Å². The van der Waals surface area contributed by atoms with Crippen LogP contribution in [0.5, 0.6) is 11.6 Å². The van der Waals surface area contributed by atoms with E-state index >= 15 is 0 Å². The molecule has 2 aromatic rings. The zero-order chi connectivity index (χ0) is 18.7. The van der Waals surface area contributed by atoms with Crippen molar-refractivity contribution in [2.75, 3.05) is 40.3 Å². The van der Waals surface area contributed by atoms with Gasteiger partial charge < -0.3 is 14.7 Å². The van der Waals surface area contributed by atoms with Crippen LogP contribution in [0.15, 0.2) is 34.2 Å². The molecule has 0 radical (unpaired) electrons. The normalized spacial score (nSPS) is 15.5. The monoisotopic (exact) mass is 375 g/mol. The highest BCUT2D eigenvalue weighted by molar-refractivity contribution is 7.71. The first-order valence-electron chi connectivity index (χ1n) is 8.20. The van der Waals surface area contributed by atoms with E-state index in [0.717, 1.165) is 26.2 Å². The van der Waals surface area contributed by atoms with E-state index in [1.165, 1.54) is 17.9 Å². The number of para-hydroxylation sites is 2. The summed E-state index contributed by atoms with van der Waals surface area (Å²) < 4.78 is 6.77. The Morgan fingerprint density at radius 2 is 1.96 bits per heavy atom. The Labute approximate surface area is 155 Å². The van der Waals surface area contributed by atoms with Crippen LogP contribution >= 0.6 is 12.2 Å². The molecule has 1 aromatic heterocycles. The predicted octanol–water partition coefficient (Wildman–Crippen LogP) is 1.19. The fourth-order valence-corrected chi connectivity index (χ4v) is 3.02. The van der Waals surface area contributed by atoms with Gasteiger partial charge in [-0.1, -0.05) is 12.1 Å². The summed E-state index contributed by atoms with van der Waals surface area (Å²) in [4.78, 5) is 17.1. The minimum Gasteiger partial charge on any atom is -0.495 e. The fourth-order valence-electron chi connectivity index (χ4n) is 2.74. The summed E-state index contributed by atoms with van der Waals surface area (Å²) in [6.07, 6.45) is 1.38. The number of hydrogen-bond acceptors (Lipinski definition) is 7. The van der Waals surface area contributed by atoms with Gasteiger partial charge in [0.25, 0.3) is 5.56 Å². The summed E-state index contributed by atoms with van der Waals surface area (Å²) in [5, 5.41) is 16.9. The number of benzene rings is 1. The first-order valence-corrected chi connectivity index (χ1v) is 8.61. The number of rotatable bonds is 4. The maximum absolute atomic E-state index is 12.3.